The molecule has 0 aromatic heterocycles. The van der Waals surface area contributed by atoms with Crippen molar-refractivity contribution in [2.75, 3.05) is 0 Å². The predicted molar refractivity (Wildman–Crippen MR) is 69.4 cm³/mol. The summed E-state index contributed by atoms with van der Waals surface area (Å²) >= 11 is 0. The van der Waals surface area contributed by atoms with Gasteiger partial charge < -0.3 is 5.11 Å². The van der Waals surface area contributed by atoms with E-state index in [1.807, 2.05) is 44.2 Å². The van der Waals surface area contributed by atoms with Gasteiger partial charge in [-0.3, -0.25) is 4.79 Å². The van der Waals surface area contributed by atoms with Crippen molar-refractivity contribution in [2.45, 2.75) is 13.8 Å². The van der Waals surface area contributed by atoms with Gasteiger partial charge in [-0.15, -0.1) is 0 Å². The zero-order valence-corrected chi connectivity index (χ0v) is 9.90. The number of hydrogen-bond donors (Lipinski definition) is 1. The molecule has 2 aromatic rings. The van der Waals surface area contributed by atoms with Crippen LogP contribution >= 0.6 is 0 Å². The van der Waals surface area contributed by atoms with Crippen LogP contribution in [0.2, 0.25) is 0 Å². The fourth-order valence-electron chi connectivity index (χ4n) is 1.79. The van der Waals surface area contributed by atoms with E-state index in [1.165, 1.54) is 6.08 Å². The van der Waals surface area contributed by atoms with Crippen molar-refractivity contribution in [1.29, 1.82) is 0 Å². The molecule has 0 heterocycles. The van der Waals surface area contributed by atoms with E-state index in [0.717, 1.165) is 11.0 Å². The zero-order chi connectivity index (χ0) is 12.4. The number of allylic oxidation sites excluding steroid dienone is 2. The largest absolute Gasteiger partial charge is 0.507 e. The van der Waals surface area contributed by atoms with E-state index in [0.29, 0.717) is 10.9 Å². The van der Waals surface area contributed by atoms with Gasteiger partial charge in [0.05, 0.1) is 5.56 Å². The molecule has 0 atom stereocenters. The lowest BCUT2D eigenvalue weighted by molar-refractivity contribution is 0.104. The Labute approximate surface area is 100 Å². The Hall–Kier alpha value is -2.09. The topological polar surface area (TPSA) is 37.3 Å². The van der Waals surface area contributed by atoms with Gasteiger partial charge in [-0.2, -0.15) is 0 Å². The molecule has 1 N–H and O–H groups in total. The second-order valence-electron chi connectivity index (χ2n) is 4.27. The van der Waals surface area contributed by atoms with E-state index in [1.54, 1.807) is 6.07 Å². The molecule has 2 heteroatoms. The highest BCUT2D eigenvalue weighted by molar-refractivity contribution is 6.10. The first-order valence-electron chi connectivity index (χ1n) is 5.49. The van der Waals surface area contributed by atoms with Gasteiger partial charge in [0.2, 0.25) is 0 Å². The van der Waals surface area contributed by atoms with Crippen LogP contribution in [0.25, 0.3) is 10.8 Å². The maximum Gasteiger partial charge on any atom is 0.189 e. The number of aromatic hydroxyl groups is 1. The van der Waals surface area contributed by atoms with Crippen molar-refractivity contribution in [3.05, 3.63) is 53.6 Å². The fraction of sp³-hybridized carbons (Fsp3) is 0.133. The van der Waals surface area contributed by atoms with Crippen LogP contribution in [0.15, 0.2) is 48.0 Å². The molecule has 0 bridgehead atoms. The summed E-state index contributed by atoms with van der Waals surface area (Å²) in [5, 5.41) is 11.7. The zero-order valence-electron chi connectivity index (χ0n) is 9.90. The molecule has 0 radical (unpaired) electrons. The number of rotatable bonds is 2. The van der Waals surface area contributed by atoms with Crippen LogP contribution in [0, 0.1) is 0 Å². The van der Waals surface area contributed by atoms with Gasteiger partial charge in [-0.25, -0.2) is 0 Å². The number of phenolic OH excluding ortho intramolecular Hbond substituents is 1. The second kappa shape index (κ2) is 4.42. The second-order valence-corrected chi connectivity index (χ2v) is 4.27. The summed E-state index contributed by atoms with van der Waals surface area (Å²) in [6.07, 6.45) is 1.53. The van der Waals surface area contributed by atoms with Gasteiger partial charge in [-0.1, -0.05) is 35.9 Å². The maximum absolute atomic E-state index is 11.9. The normalized spacial score (nSPS) is 10.2. The lowest BCUT2D eigenvalue weighted by Gasteiger charge is -2.05. The Morgan fingerprint density at radius 1 is 1.12 bits per heavy atom. The van der Waals surface area contributed by atoms with Gasteiger partial charge in [-0.05, 0) is 31.4 Å². The number of benzene rings is 2. The molecular formula is C15H14O2. The molecule has 0 amide bonds. The third-order valence-electron chi connectivity index (χ3n) is 2.59. The van der Waals surface area contributed by atoms with E-state index in [9.17, 15) is 9.90 Å². The van der Waals surface area contributed by atoms with E-state index in [2.05, 4.69) is 0 Å². The minimum Gasteiger partial charge on any atom is -0.507 e. The molecule has 0 fully saturated rings. The highest BCUT2D eigenvalue weighted by Gasteiger charge is 2.11. The maximum atomic E-state index is 11.9. The molecule has 86 valence electrons. The molecule has 0 aliphatic carbocycles. The highest BCUT2D eigenvalue weighted by Crippen LogP contribution is 2.29. The molecule has 0 saturated heterocycles. The Bertz CT molecular complexity index is 605. The molecular weight excluding hydrogens is 212 g/mol. The Kier molecular flexibility index (Phi) is 2.96. The average Bonchev–Trinajstić information content (AvgIpc) is 2.28. The minimum absolute atomic E-state index is 0.0607. The Morgan fingerprint density at radius 3 is 2.53 bits per heavy atom. The summed E-state index contributed by atoms with van der Waals surface area (Å²) in [6, 6.07) is 11.0. The molecule has 2 rings (SSSR count). The molecule has 2 nitrogen and oxygen atoms in total. The number of fused-ring (bicyclic) bond motifs is 1. The van der Waals surface area contributed by atoms with Crippen molar-refractivity contribution in [3.63, 3.8) is 0 Å². The van der Waals surface area contributed by atoms with Crippen molar-refractivity contribution in [1.82, 2.24) is 0 Å². The Morgan fingerprint density at radius 2 is 1.82 bits per heavy atom. The first kappa shape index (κ1) is 11.4. The third-order valence-corrected chi connectivity index (χ3v) is 2.59. The number of ketones is 1. The average molecular weight is 226 g/mol. The standard InChI is InChI=1S/C15H14O2/c1-10(2)9-14(16)13-8-7-11-5-3-4-6-12(11)15(13)17/h3-9,17H,1-2H3. The molecule has 17 heavy (non-hydrogen) atoms. The summed E-state index contributed by atoms with van der Waals surface area (Å²) < 4.78 is 0. The van der Waals surface area contributed by atoms with E-state index >= 15 is 0 Å². The smallest absolute Gasteiger partial charge is 0.189 e. The number of hydrogen-bond acceptors (Lipinski definition) is 2. The first-order chi connectivity index (χ1) is 8.09. The summed E-state index contributed by atoms with van der Waals surface area (Å²) in [6.45, 7) is 3.71. The summed E-state index contributed by atoms with van der Waals surface area (Å²) in [7, 11) is 0. The minimum atomic E-state index is -0.159. The van der Waals surface area contributed by atoms with Crippen LogP contribution in [0.1, 0.15) is 24.2 Å². The van der Waals surface area contributed by atoms with Crippen molar-refractivity contribution in [2.24, 2.45) is 0 Å². The molecule has 0 saturated carbocycles. The van der Waals surface area contributed by atoms with Crippen LogP contribution in [0.5, 0.6) is 5.75 Å². The summed E-state index contributed by atoms with van der Waals surface area (Å²) in [5.41, 5.74) is 1.27. The third kappa shape index (κ3) is 2.21. The molecule has 2 aromatic carbocycles. The van der Waals surface area contributed by atoms with Gasteiger partial charge in [0.25, 0.3) is 0 Å². The quantitative estimate of drug-likeness (QED) is 0.626. The van der Waals surface area contributed by atoms with Gasteiger partial charge >= 0.3 is 0 Å². The lowest BCUT2D eigenvalue weighted by Crippen LogP contribution is -1.96. The molecule has 0 aliphatic rings. The predicted octanol–water partition coefficient (Wildman–Crippen LogP) is 3.69. The molecule has 0 aliphatic heterocycles. The number of phenols is 1. The molecule has 0 unspecified atom stereocenters. The van der Waals surface area contributed by atoms with Crippen LogP contribution in [-0.2, 0) is 0 Å². The summed E-state index contributed by atoms with van der Waals surface area (Å²) in [5.74, 6) is -0.0983. The SMILES string of the molecule is CC(C)=CC(=O)c1ccc2ccccc2c1O. The van der Waals surface area contributed by atoms with E-state index in [-0.39, 0.29) is 11.5 Å². The van der Waals surface area contributed by atoms with Gasteiger partial charge in [0.1, 0.15) is 5.75 Å². The van der Waals surface area contributed by atoms with Crippen LogP contribution in [0.4, 0.5) is 0 Å². The molecule has 0 spiro atoms. The van der Waals surface area contributed by atoms with Crippen molar-refractivity contribution < 1.29 is 9.90 Å². The number of carbonyl (C=O) groups excluding carboxylic acids is 1. The van der Waals surface area contributed by atoms with Gasteiger partial charge in [0, 0.05) is 5.39 Å². The van der Waals surface area contributed by atoms with Crippen LogP contribution in [0.3, 0.4) is 0 Å². The fourth-order valence-corrected chi connectivity index (χ4v) is 1.79. The van der Waals surface area contributed by atoms with Gasteiger partial charge in [0.15, 0.2) is 5.78 Å². The highest BCUT2D eigenvalue weighted by atomic mass is 16.3. The van der Waals surface area contributed by atoms with E-state index in [4.69, 9.17) is 0 Å². The Balaban J connectivity index is 2.61. The lowest BCUT2D eigenvalue weighted by atomic mass is 10.0. The first-order valence-corrected chi connectivity index (χ1v) is 5.49. The number of carbonyl (C=O) groups is 1. The van der Waals surface area contributed by atoms with Crippen LogP contribution in [-0.4, -0.2) is 10.9 Å². The van der Waals surface area contributed by atoms with E-state index < -0.39 is 0 Å². The van der Waals surface area contributed by atoms with Crippen molar-refractivity contribution in [3.8, 4) is 5.75 Å². The monoisotopic (exact) mass is 226 g/mol. The van der Waals surface area contributed by atoms with Crippen LogP contribution < -0.4 is 0 Å². The summed E-state index contributed by atoms with van der Waals surface area (Å²) in [4.78, 5) is 11.9. The van der Waals surface area contributed by atoms with Crippen molar-refractivity contribution >= 4 is 16.6 Å².